The number of allylic oxidation sites excluding steroid dienone is 5. The normalized spacial score (nSPS) is 12.6. The van der Waals surface area contributed by atoms with E-state index in [-0.39, 0.29) is 4.90 Å². The molecule has 9 heteroatoms. The number of thiazole rings is 2. The quantitative estimate of drug-likeness (QED) is 0.218. The van der Waals surface area contributed by atoms with E-state index in [1.165, 1.54) is 17.0 Å². The van der Waals surface area contributed by atoms with Gasteiger partial charge in [0.15, 0.2) is 0 Å². The average molecular weight is 614 g/mol. The van der Waals surface area contributed by atoms with Crippen molar-refractivity contribution in [3.8, 4) is 10.6 Å². The number of aromatic nitrogens is 2. The fourth-order valence-electron chi connectivity index (χ4n) is 4.29. The van der Waals surface area contributed by atoms with Crippen molar-refractivity contribution in [1.82, 2.24) is 14.9 Å². The van der Waals surface area contributed by atoms with Crippen molar-refractivity contribution in [3.63, 3.8) is 0 Å². The predicted octanol–water partition coefficient (Wildman–Crippen LogP) is 9.78. The second kappa shape index (κ2) is 16.0. The Balaban J connectivity index is 0.000000921. The monoisotopic (exact) mass is 613 g/mol. The molecule has 5 rings (SSSR count). The summed E-state index contributed by atoms with van der Waals surface area (Å²) >= 11 is 2.90. The van der Waals surface area contributed by atoms with E-state index in [1.54, 1.807) is 30.4 Å². The Bertz CT molecular complexity index is 1640. The molecule has 1 aliphatic carbocycles. The lowest BCUT2D eigenvalue weighted by molar-refractivity contribution is 0.393. The maximum atomic E-state index is 12.0. The molecule has 1 aliphatic rings. The highest BCUT2D eigenvalue weighted by Crippen LogP contribution is 2.38. The third kappa shape index (κ3) is 7.92. The minimum Gasteiger partial charge on any atom is -0.372 e. The van der Waals surface area contributed by atoms with E-state index in [4.69, 9.17) is 4.98 Å². The van der Waals surface area contributed by atoms with E-state index in [9.17, 15) is 13.0 Å². The highest BCUT2D eigenvalue weighted by molar-refractivity contribution is 7.86. The summed E-state index contributed by atoms with van der Waals surface area (Å²) in [5, 5.41) is 1.67. The first-order chi connectivity index (χ1) is 19.8. The Morgan fingerprint density at radius 2 is 1.49 bits per heavy atom. The number of aryl methyl sites for hydroxylation is 1. The van der Waals surface area contributed by atoms with Gasteiger partial charge in [-0.2, -0.15) is 8.42 Å². The molecule has 222 valence electrons. The maximum absolute atomic E-state index is 12.0. The molecule has 0 amide bonds. The van der Waals surface area contributed by atoms with Crippen LogP contribution in [0.25, 0.3) is 36.6 Å². The molecule has 41 heavy (non-hydrogen) atoms. The molecule has 2 aromatic carbocycles. The fourth-order valence-corrected chi connectivity index (χ4v) is 7.63. The summed E-state index contributed by atoms with van der Waals surface area (Å²) in [6.07, 6.45) is 9.62. The third-order valence-electron chi connectivity index (χ3n) is 6.08. The number of likely N-dealkylation sites (N-methyl/N-ethyl adjacent to an activating group) is 1. The molecule has 0 saturated heterocycles. The zero-order valence-electron chi connectivity index (χ0n) is 25.6. The number of nitrogens with zero attached hydrogens (tertiary/aromatic N) is 3. The van der Waals surface area contributed by atoms with Crippen molar-refractivity contribution in [2.75, 3.05) is 13.1 Å². The molecule has 0 spiro atoms. The SMILES string of the molecule is CC.CC.CC.CCN(CC)C1=CCC=C(c2nc3ccc(-c4nc5ccc(C)c(S(=O)(=O)O)c5s4)cc3s2)C=C1. The van der Waals surface area contributed by atoms with Gasteiger partial charge in [0.2, 0.25) is 0 Å². The Kier molecular flexibility index (Phi) is 13.4. The fraction of sp³-hybridized carbons (Fsp3) is 0.375. The molecule has 0 unspecified atom stereocenters. The Hall–Kier alpha value is -2.85. The Morgan fingerprint density at radius 1 is 0.854 bits per heavy atom. The molecular formula is C32H43N3O3S3. The van der Waals surface area contributed by atoms with E-state index in [0.29, 0.717) is 20.8 Å². The lowest BCUT2D eigenvalue weighted by Crippen LogP contribution is -2.20. The lowest BCUT2D eigenvalue weighted by Gasteiger charge is -2.21. The average Bonchev–Trinajstić information content (AvgIpc) is 3.53. The summed E-state index contributed by atoms with van der Waals surface area (Å²) < 4.78 is 35.2. The second-order valence-corrected chi connectivity index (χ2v) is 11.7. The van der Waals surface area contributed by atoms with Crippen LogP contribution in [0, 0.1) is 6.92 Å². The zero-order chi connectivity index (χ0) is 30.7. The van der Waals surface area contributed by atoms with Crippen molar-refractivity contribution in [2.45, 2.75) is 73.6 Å². The molecule has 4 aromatic rings. The van der Waals surface area contributed by atoms with Gasteiger partial charge in [0.05, 0.1) is 20.4 Å². The van der Waals surface area contributed by atoms with Crippen LogP contribution in [0.2, 0.25) is 0 Å². The largest absolute Gasteiger partial charge is 0.372 e. The number of hydrogen-bond acceptors (Lipinski definition) is 7. The molecule has 0 bridgehead atoms. The molecule has 0 atom stereocenters. The first-order valence-corrected chi connectivity index (χ1v) is 17.5. The number of rotatable bonds is 6. The van der Waals surface area contributed by atoms with Crippen molar-refractivity contribution in [3.05, 3.63) is 70.9 Å². The summed E-state index contributed by atoms with van der Waals surface area (Å²) in [6.45, 7) is 20.0. The van der Waals surface area contributed by atoms with Gasteiger partial charge in [-0.25, -0.2) is 9.97 Å². The molecule has 6 nitrogen and oxygen atoms in total. The first kappa shape index (κ1) is 34.4. The van der Waals surface area contributed by atoms with Crippen LogP contribution in [0.1, 0.15) is 72.4 Å². The van der Waals surface area contributed by atoms with Crippen LogP contribution in [-0.4, -0.2) is 40.9 Å². The molecular weight excluding hydrogens is 571 g/mol. The predicted molar refractivity (Wildman–Crippen MR) is 180 cm³/mol. The summed E-state index contributed by atoms with van der Waals surface area (Å²) in [5.41, 5.74) is 5.21. The molecule has 2 heterocycles. The molecule has 0 aliphatic heterocycles. The molecule has 0 saturated carbocycles. The van der Waals surface area contributed by atoms with Gasteiger partial charge < -0.3 is 4.90 Å². The van der Waals surface area contributed by atoms with E-state index < -0.39 is 10.1 Å². The molecule has 1 N–H and O–H groups in total. The van der Waals surface area contributed by atoms with Crippen LogP contribution in [0.4, 0.5) is 0 Å². The second-order valence-electron chi connectivity index (χ2n) is 8.29. The minimum atomic E-state index is -4.35. The smallest absolute Gasteiger partial charge is 0.296 e. The van der Waals surface area contributed by atoms with Crippen LogP contribution in [-0.2, 0) is 10.1 Å². The van der Waals surface area contributed by atoms with Crippen molar-refractivity contribution in [1.29, 1.82) is 0 Å². The van der Waals surface area contributed by atoms with Crippen LogP contribution in [0.15, 0.2) is 65.2 Å². The topological polar surface area (TPSA) is 83.4 Å². The zero-order valence-corrected chi connectivity index (χ0v) is 28.1. The standard InChI is InChI=1S/C26H25N3O3S3.3C2H6/c1-4-29(5-2)19-8-6-7-17(10-12-19)25-27-20-14-11-18(15-22(20)33-25)26-28-21-13-9-16(3)24(23(21)34-26)35(30,31)32;3*1-2/h7-15H,4-6H2,1-3H3,(H,30,31,32);3*1-2H3. The van der Waals surface area contributed by atoms with Gasteiger partial charge in [-0.15, -0.1) is 22.7 Å². The van der Waals surface area contributed by atoms with Crippen LogP contribution < -0.4 is 0 Å². The first-order valence-electron chi connectivity index (χ1n) is 14.4. The van der Waals surface area contributed by atoms with E-state index >= 15 is 0 Å². The third-order valence-corrected chi connectivity index (χ3v) is 9.45. The maximum Gasteiger partial charge on any atom is 0.296 e. The Labute approximate surface area is 253 Å². The molecule has 2 aromatic heterocycles. The van der Waals surface area contributed by atoms with Crippen molar-refractivity contribution in [2.24, 2.45) is 0 Å². The van der Waals surface area contributed by atoms with Gasteiger partial charge in [-0.3, -0.25) is 4.55 Å². The number of hydrogen-bond donors (Lipinski definition) is 1. The van der Waals surface area contributed by atoms with Gasteiger partial charge in [-0.1, -0.05) is 65.8 Å². The van der Waals surface area contributed by atoms with Gasteiger partial charge in [0.1, 0.15) is 14.9 Å². The summed E-state index contributed by atoms with van der Waals surface area (Å²) in [6, 6.07) is 9.44. The van der Waals surface area contributed by atoms with Crippen LogP contribution >= 0.6 is 22.7 Å². The minimum absolute atomic E-state index is 0.0651. The van der Waals surface area contributed by atoms with Gasteiger partial charge in [0, 0.05) is 29.9 Å². The number of fused-ring (bicyclic) bond motifs is 2. The highest BCUT2D eigenvalue weighted by Gasteiger charge is 2.21. The number of benzene rings is 2. The summed E-state index contributed by atoms with van der Waals surface area (Å²) in [4.78, 5) is 11.8. The van der Waals surface area contributed by atoms with Crippen molar-refractivity contribution >= 4 is 58.8 Å². The highest BCUT2D eigenvalue weighted by atomic mass is 32.2. The summed E-state index contributed by atoms with van der Waals surface area (Å²) in [5.74, 6) is 0. The van der Waals surface area contributed by atoms with Gasteiger partial charge in [0.25, 0.3) is 10.1 Å². The summed E-state index contributed by atoms with van der Waals surface area (Å²) in [7, 11) is -4.35. The van der Waals surface area contributed by atoms with Crippen LogP contribution in [0.5, 0.6) is 0 Å². The van der Waals surface area contributed by atoms with E-state index in [2.05, 4.69) is 54.1 Å². The van der Waals surface area contributed by atoms with Gasteiger partial charge in [-0.05, 0) is 63.1 Å². The van der Waals surface area contributed by atoms with Gasteiger partial charge >= 0.3 is 0 Å². The van der Waals surface area contributed by atoms with E-state index in [0.717, 1.165) is 45.9 Å². The van der Waals surface area contributed by atoms with Crippen molar-refractivity contribution < 1.29 is 13.0 Å². The lowest BCUT2D eigenvalue weighted by atomic mass is 10.2. The Morgan fingerprint density at radius 3 is 2.12 bits per heavy atom. The molecule has 0 fully saturated rings. The van der Waals surface area contributed by atoms with E-state index in [1.807, 2.05) is 53.7 Å². The molecule has 0 radical (unpaired) electrons. The van der Waals surface area contributed by atoms with Crippen LogP contribution in [0.3, 0.4) is 0 Å².